The molecule has 2 N–H and O–H groups in total. The molecule has 2 rings (SSSR count). The zero-order valence-corrected chi connectivity index (χ0v) is 8.96. The molecule has 0 radical (unpaired) electrons. The Bertz CT molecular complexity index is 257. The Morgan fingerprint density at radius 1 is 1.64 bits per heavy atom. The van der Waals surface area contributed by atoms with E-state index in [4.69, 9.17) is 0 Å². The van der Waals surface area contributed by atoms with Crippen molar-refractivity contribution in [1.82, 2.24) is 10.3 Å². The van der Waals surface area contributed by atoms with E-state index in [0.717, 1.165) is 18.0 Å². The molecular weight excluding hydrogens is 196 g/mol. The topological polar surface area (TPSA) is 45.2 Å². The Balaban J connectivity index is 1.85. The Hall–Kier alpha value is -0.450. The van der Waals surface area contributed by atoms with Gasteiger partial charge < -0.3 is 10.4 Å². The van der Waals surface area contributed by atoms with Gasteiger partial charge in [0.25, 0.3) is 0 Å². The minimum atomic E-state index is -0.276. The molecular formula is C10H16N2OS. The first kappa shape index (κ1) is 10.1. The maximum Gasteiger partial charge on any atom is 0.0951 e. The van der Waals surface area contributed by atoms with E-state index in [1.165, 1.54) is 12.8 Å². The standard InChI is InChI=1S/C10H16N2OS/c13-9(7-10-12-5-6-14-10)8-3-1-2-4-11-8/h5-6,8-9,11,13H,1-4,7H2. The summed E-state index contributed by atoms with van der Waals surface area (Å²) in [6.45, 7) is 1.04. The predicted octanol–water partition coefficient (Wildman–Crippen LogP) is 1.19. The molecule has 0 spiro atoms. The van der Waals surface area contributed by atoms with Gasteiger partial charge in [-0.25, -0.2) is 4.98 Å². The Morgan fingerprint density at radius 2 is 2.57 bits per heavy atom. The van der Waals surface area contributed by atoms with Crippen LogP contribution in [0.3, 0.4) is 0 Å². The molecule has 14 heavy (non-hydrogen) atoms. The number of piperidine rings is 1. The summed E-state index contributed by atoms with van der Waals surface area (Å²) in [4.78, 5) is 4.18. The predicted molar refractivity (Wildman–Crippen MR) is 57.5 cm³/mol. The number of nitrogens with zero attached hydrogens (tertiary/aromatic N) is 1. The van der Waals surface area contributed by atoms with Crippen LogP contribution in [0.1, 0.15) is 24.3 Å². The third kappa shape index (κ3) is 2.53. The molecule has 1 aliphatic rings. The summed E-state index contributed by atoms with van der Waals surface area (Å²) < 4.78 is 0. The SMILES string of the molecule is OC(Cc1nccs1)C1CCCCN1. The molecule has 2 atom stereocenters. The average molecular weight is 212 g/mol. The number of aliphatic hydroxyl groups is 1. The molecule has 3 nitrogen and oxygen atoms in total. The maximum atomic E-state index is 9.95. The first-order valence-corrected chi connectivity index (χ1v) is 6.04. The lowest BCUT2D eigenvalue weighted by Gasteiger charge is -2.27. The van der Waals surface area contributed by atoms with Crippen LogP contribution >= 0.6 is 11.3 Å². The summed E-state index contributed by atoms with van der Waals surface area (Å²) >= 11 is 1.62. The average Bonchev–Trinajstić information content (AvgIpc) is 2.72. The van der Waals surface area contributed by atoms with Crippen LogP contribution in [0, 0.1) is 0 Å². The number of aromatic nitrogens is 1. The highest BCUT2D eigenvalue weighted by molar-refractivity contribution is 7.09. The number of nitrogens with one attached hydrogen (secondary N) is 1. The molecule has 0 bridgehead atoms. The van der Waals surface area contributed by atoms with Gasteiger partial charge in [-0.05, 0) is 19.4 Å². The molecule has 0 aliphatic carbocycles. The summed E-state index contributed by atoms with van der Waals surface area (Å²) in [5.74, 6) is 0. The fourth-order valence-corrected chi connectivity index (χ4v) is 2.55. The van der Waals surface area contributed by atoms with Gasteiger partial charge in [0.05, 0.1) is 11.1 Å². The highest BCUT2D eigenvalue weighted by Gasteiger charge is 2.21. The Kier molecular flexibility index (Phi) is 3.50. The first-order valence-electron chi connectivity index (χ1n) is 5.16. The smallest absolute Gasteiger partial charge is 0.0951 e. The summed E-state index contributed by atoms with van der Waals surface area (Å²) in [5.41, 5.74) is 0. The molecule has 78 valence electrons. The van der Waals surface area contributed by atoms with Crippen LogP contribution in [0.15, 0.2) is 11.6 Å². The van der Waals surface area contributed by atoms with E-state index in [1.54, 1.807) is 17.5 Å². The highest BCUT2D eigenvalue weighted by atomic mass is 32.1. The van der Waals surface area contributed by atoms with Crippen molar-refractivity contribution in [2.75, 3.05) is 6.54 Å². The van der Waals surface area contributed by atoms with Gasteiger partial charge in [0, 0.05) is 24.0 Å². The van der Waals surface area contributed by atoms with Crippen LogP contribution in [0.4, 0.5) is 0 Å². The van der Waals surface area contributed by atoms with Gasteiger partial charge in [0.1, 0.15) is 0 Å². The molecule has 1 aliphatic heterocycles. The molecule has 1 aromatic rings. The second-order valence-electron chi connectivity index (χ2n) is 3.75. The summed E-state index contributed by atoms with van der Waals surface area (Å²) in [6, 6.07) is 0.271. The van der Waals surface area contributed by atoms with E-state index in [9.17, 15) is 5.11 Å². The molecule has 2 heterocycles. The van der Waals surface area contributed by atoms with Crippen LogP contribution in [0.25, 0.3) is 0 Å². The first-order chi connectivity index (χ1) is 6.86. The van der Waals surface area contributed by atoms with Gasteiger partial charge >= 0.3 is 0 Å². The molecule has 1 saturated heterocycles. The minimum absolute atomic E-state index is 0.271. The number of hydrogen-bond donors (Lipinski definition) is 2. The monoisotopic (exact) mass is 212 g/mol. The van der Waals surface area contributed by atoms with E-state index in [2.05, 4.69) is 10.3 Å². The number of hydrogen-bond acceptors (Lipinski definition) is 4. The maximum absolute atomic E-state index is 9.95. The van der Waals surface area contributed by atoms with Gasteiger partial charge in [0.15, 0.2) is 0 Å². The molecule has 0 amide bonds. The highest BCUT2D eigenvalue weighted by Crippen LogP contribution is 2.15. The number of rotatable bonds is 3. The van der Waals surface area contributed by atoms with Crippen LogP contribution < -0.4 is 5.32 Å². The van der Waals surface area contributed by atoms with Crippen molar-refractivity contribution in [3.8, 4) is 0 Å². The van der Waals surface area contributed by atoms with Crippen molar-refractivity contribution < 1.29 is 5.11 Å². The fourth-order valence-electron chi connectivity index (χ4n) is 1.88. The zero-order valence-electron chi connectivity index (χ0n) is 8.15. The van der Waals surface area contributed by atoms with Crippen molar-refractivity contribution in [3.63, 3.8) is 0 Å². The largest absolute Gasteiger partial charge is 0.391 e. The van der Waals surface area contributed by atoms with Crippen LogP contribution in [0.2, 0.25) is 0 Å². The van der Waals surface area contributed by atoms with Gasteiger partial charge in [0.2, 0.25) is 0 Å². The quantitative estimate of drug-likeness (QED) is 0.791. The van der Waals surface area contributed by atoms with Crippen molar-refractivity contribution >= 4 is 11.3 Å². The van der Waals surface area contributed by atoms with E-state index >= 15 is 0 Å². The summed E-state index contributed by atoms with van der Waals surface area (Å²) in [6.07, 6.45) is 5.76. The fraction of sp³-hybridized carbons (Fsp3) is 0.700. The lowest BCUT2D eigenvalue weighted by Crippen LogP contribution is -2.44. The molecule has 0 aromatic carbocycles. The summed E-state index contributed by atoms with van der Waals surface area (Å²) in [5, 5.41) is 16.3. The lowest BCUT2D eigenvalue weighted by molar-refractivity contribution is 0.113. The molecule has 1 aromatic heterocycles. The molecule has 0 saturated carbocycles. The number of aliphatic hydroxyl groups excluding tert-OH is 1. The third-order valence-corrected chi connectivity index (χ3v) is 3.48. The summed E-state index contributed by atoms with van der Waals surface area (Å²) in [7, 11) is 0. The Labute approximate surface area is 88.2 Å². The second kappa shape index (κ2) is 4.87. The lowest BCUT2D eigenvalue weighted by atomic mass is 9.98. The second-order valence-corrected chi connectivity index (χ2v) is 4.73. The zero-order chi connectivity index (χ0) is 9.80. The van der Waals surface area contributed by atoms with E-state index < -0.39 is 0 Å². The van der Waals surface area contributed by atoms with E-state index in [0.29, 0.717) is 6.42 Å². The van der Waals surface area contributed by atoms with E-state index in [1.807, 2.05) is 5.38 Å². The Morgan fingerprint density at radius 3 is 3.21 bits per heavy atom. The van der Waals surface area contributed by atoms with Crippen molar-refractivity contribution in [3.05, 3.63) is 16.6 Å². The molecule has 4 heteroatoms. The van der Waals surface area contributed by atoms with Crippen molar-refractivity contribution in [2.45, 2.75) is 37.8 Å². The van der Waals surface area contributed by atoms with Crippen molar-refractivity contribution in [1.29, 1.82) is 0 Å². The minimum Gasteiger partial charge on any atom is -0.391 e. The van der Waals surface area contributed by atoms with Crippen molar-refractivity contribution in [2.24, 2.45) is 0 Å². The van der Waals surface area contributed by atoms with Gasteiger partial charge in [-0.1, -0.05) is 6.42 Å². The van der Waals surface area contributed by atoms with Crippen LogP contribution in [-0.4, -0.2) is 28.8 Å². The number of thiazole rings is 1. The van der Waals surface area contributed by atoms with E-state index in [-0.39, 0.29) is 12.1 Å². The van der Waals surface area contributed by atoms with Gasteiger partial charge in [-0.15, -0.1) is 11.3 Å². The normalized spacial score (nSPS) is 24.8. The molecule has 1 fully saturated rings. The van der Waals surface area contributed by atoms with Gasteiger partial charge in [-0.3, -0.25) is 0 Å². The van der Waals surface area contributed by atoms with Crippen LogP contribution in [0.5, 0.6) is 0 Å². The van der Waals surface area contributed by atoms with Crippen LogP contribution in [-0.2, 0) is 6.42 Å². The third-order valence-electron chi connectivity index (χ3n) is 2.68. The van der Waals surface area contributed by atoms with Gasteiger partial charge in [-0.2, -0.15) is 0 Å². The molecule has 2 unspecified atom stereocenters.